The number of benzene rings is 1. The van der Waals surface area contributed by atoms with E-state index in [0.29, 0.717) is 12.4 Å². The Bertz CT molecular complexity index is 630. The van der Waals surface area contributed by atoms with E-state index >= 15 is 0 Å². The van der Waals surface area contributed by atoms with Gasteiger partial charge in [-0.3, -0.25) is 4.79 Å². The summed E-state index contributed by atoms with van der Waals surface area (Å²) in [5, 5.41) is 2.39. The number of methoxy groups -OCH3 is 1. The monoisotopic (exact) mass is 425 g/mol. The Morgan fingerprint density at radius 3 is 2.37 bits per heavy atom. The van der Waals surface area contributed by atoms with Crippen molar-refractivity contribution in [3.63, 3.8) is 0 Å². The predicted octanol–water partition coefficient (Wildman–Crippen LogP) is 3.33. The molecule has 1 N–H and O–H groups in total. The van der Waals surface area contributed by atoms with Crippen LogP contribution in [0.5, 0.6) is 5.75 Å². The summed E-state index contributed by atoms with van der Waals surface area (Å²) >= 11 is 0. The zero-order valence-electron chi connectivity index (χ0n) is 18.8. The summed E-state index contributed by atoms with van der Waals surface area (Å²) in [6, 6.07) is 9.22. The van der Waals surface area contributed by atoms with Gasteiger partial charge < -0.3 is 29.0 Å². The summed E-state index contributed by atoms with van der Waals surface area (Å²) in [6.45, 7) is 9.42. The van der Waals surface area contributed by atoms with Crippen molar-refractivity contribution in [2.45, 2.75) is 65.0 Å². The first kappa shape index (κ1) is 25.7. The minimum absolute atomic E-state index is 0.273. The molecule has 0 fully saturated rings. The van der Waals surface area contributed by atoms with Gasteiger partial charge in [0, 0.05) is 13.7 Å². The number of alkyl carbamates (subject to hydrolysis) is 1. The van der Waals surface area contributed by atoms with Gasteiger partial charge in [0.05, 0.1) is 6.61 Å². The van der Waals surface area contributed by atoms with Crippen molar-refractivity contribution in [2.24, 2.45) is 0 Å². The topological polar surface area (TPSA) is 92.3 Å². The molecule has 0 aliphatic rings. The maximum Gasteiger partial charge on any atom is 0.408 e. The van der Waals surface area contributed by atoms with E-state index in [1.54, 1.807) is 34.8 Å². The van der Waals surface area contributed by atoms with Crippen LogP contribution in [0.2, 0.25) is 0 Å². The van der Waals surface area contributed by atoms with Crippen molar-refractivity contribution in [2.75, 3.05) is 26.9 Å². The van der Waals surface area contributed by atoms with E-state index in [1.165, 1.54) is 0 Å². The van der Waals surface area contributed by atoms with E-state index in [-0.39, 0.29) is 13.2 Å². The maximum atomic E-state index is 12.3. The number of hydrogen-bond acceptors (Lipinski definition) is 7. The lowest BCUT2D eigenvalue weighted by molar-refractivity contribution is -0.159. The van der Waals surface area contributed by atoms with Crippen LogP contribution in [-0.2, 0) is 23.7 Å². The van der Waals surface area contributed by atoms with Gasteiger partial charge in [-0.05, 0) is 46.2 Å². The molecule has 0 aliphatic carbocycles. The maximum absolute atomic E-state index is 12.3. The average molecular weight is 426 g/mol. The molecule has 0 aromatic heterocycles. The molecule has 0 bridgehead atoms. The summed E-state index contributed by atoms with van der Waals surface area (Å²) in [7, 11) is 1.57. The van der Waals surface area contributed by atoms with Crippen molar-refractivity contribution in [1.82, 2.24) is 5.32 Å². The first-order valence-electron chi connectivity index (χ1n) is 10.1. The first-order valence-corrected chi connectivity index (χ1v) is 10.1. The Morgan fingerprint density at radius 2 is 1.80 bits per heavy atom. The minimum Gasteiger partial charge on any atom is -0.484 e. The second-order valence-electron chi connectivity index (χ2n) is 7.81. The van der Waals surface area contributed by atoms with Crippen molar-refractivity contribution < 1.29 is 33.3 Å². The van der Waals surface area contributed by atoms with Crippen LogP contribution >= 0.6 is 0 Å². The second kappa shape index (κ2) is 13.1. The number of rotatable bonds is 12. The Hall–Kier alpha value is -2.32. The number of nitrogens with one attached hydrogen (secondary N) is 1. The van der Waals surface area contributed by atoms with Crippen molar-refractivity contribution in [3.05, 3.63) is 30.3 Å². The molecule has 0 saturated heterocycles. The van der Waals surface area contributed by atoms with Crippen LogP contribution in [0, 0.1) is 0 Å². The average Bonchev–Trinajstić information content (AvgIpc) is 2.67. The lowest BCUT2D eigenvalue weighted by Gasteiger charge is -2.31. The fourth-order valence-electron chi connectivity index (χ4n) is 2.58. The molecule has 0 heterocycles. The molecule has 0 saturated carbocycles. The van der Waals surface area contributed by atoms with Gasteiger partial charge in [0.15, 0.2) is 6.10 Å². The molecule has 0 radical (unpaired) electrons. The fraction of sp³-hybridized carbons (Fsp3) is 0.636. The van der Waals surface area contributed by atoms with Gasteiger partial charge in [-0.15, -0.1) is 0 Å². The summed E-state index contributed by atoms with van der Waals surface area (Å²) < 4.78 is 27.9. The van der Waals surface area contributed by atoms with Crippen LogP contribution < -0.4 is 10.1 Å². The molecular formula is C22H35NO7. The Morgan fingerprint density at radius 1 is 1.13 bits per heavy atom. The molecule has 1 amide bonds. The van der Waals surface area contributed by atoms with Crippen molar-refractivity contribution >= 4 is 12.1 Å². The summed E-state index contributed by atoms with van der Waals surface area (Å²) in [5.41, 5.74) is -0.653. The van der Waals surface area contributed by atoms with E-state index in [2.05, 4.69) is 5.32 Å². The number of carbonyl (C=O) groups excluding carboxylic acids is 2. The Kier molecular flexibility index (Phi) is 11.2. The summed E-state index contributed by atoms with van der Waals surface area (Å²) in [5.74, 6) is 0.0140. The van der Waals surface area contributed by atoms with E-state index in [1.807, 2.05) is 37.3 Å². The third-order valence-corrected chi connectivity index (χ3v) is 3.80. The molecule has 3 atom stereocenters. The summed E-state index contributed by atoms with van der Waals surface area (Å²) in [6.07, 6.45) is -1.57. The summed E-state index contributed by atoms with van der Waals surface area (Å²) in [4.78, 5) is 24.0. The number of carbonyl (C=O) groups is 2. The highest BCUT2D eigenvalue weighted by Crippen LogP contribution is 2.19. The lowest BCUT2D eigenvalue weighted by atomic mass is 10.1. The molecule has 8 nitrogen and oxygen atoms in total. The van der Waals surface area contributed by atoms with Gasteiger partial charge in [-0.2, -0.15) is 0 Å². The number of para-hydroxylation sites is 1. The number of hydrogen-bond donors (Lipinski definition) is 1. The minimum atomic E-state index is -0.687. The van der Waals surface area contributed by atoms with Gasteiger partial charge in [-0.25, -0.2) is 4.79 Å². The molecule has 30 heavy (non-hydrogen) atoms. The third kappa shape index (κ3) is 10.5. The fourth-order valence-corrected chi connectivity index (χ4v) is 2.58. The zero-order valence-corrected chi connectivity index (χ0v) is 18.8. The number of esters is 1. The van der Waals surface area contributed by atoms with Gasteiger partial charge in [0.2, 0.25) is 0 Å². The van der Waals surface area contributed by atoms with E-state index < -0.39 is 36.0 Å². The standard InChI is InChI=1S/C22H35NO7/c1-7-13-27-18(15-26-6)20(29-17-11-9-8-10-12-17)16(2)28-19(24)14-23-21(25)30-22(3,4)5/h8-12,16,18,20H,7,13-15H2,1-6H3,(H,23,25)/t16?,18?,20-/m0/s1. The second-order valence-corrected chi connectivity index (χ2v) is 7.81. The van der Waals surface area contributed by atoms with Crippen molar-refractivity contribution in [3.8, 4) is 5.75 Å². The molecule has 170 valence electrons. The zero-order chi connectivity index (χ0) is 22.6. The van der Waals surface area contributed by atoms with Gasteiger partial charge in [0.25, 0.3) is 0 Å². The molecule has 1 rings (SSSR count). The third-order valence-electron chi connectivity index (χ3n) is 3.80. The highest BCUT2D eigenvalue weighted by Gasteiger charge is 2.32. The van der Waals surface area contributed by atoms with E-state index in [0.717, 1.165) is 6.42 Å². The Balaban J connectivity index is 2.78. The van der Waals surface area contributed by atoms with Crippen LogP contribution in [0.15, 0.2) is 30.3 Å². The van der Waals surface area contributed by atoms with Crippen LogP contribution in [0.4, 0.5) is 4.79 Å². The number of amides is 1. The van der Waals surface area contributed by atoms with Gasteiger partial charge in [-0.1, -0.05) is 25.1 Å². The largest absolute Gasteiger partial charge is 0.484 e. The first-order chi connectivity index (χ1) is 14.2. The molecule has 8 heteroatoms. The highest BCUT2D eigenvalue weighted by molar-refractivity contribution is 5.78. The quantitative estimate of drug-likeness (QED) is 0.514. The van der Waals surface area contributed by atoms with Gasteiger partial charge >= 0.3 is 12.1 Å². The molecular weight excluding hydrogens is 390 g/mol. The Labute approximate surface area is 179 Å². The van der Waals surface area contributed by atoms with Gasteiger partial charge in [0.1, 0.15) is 30.1 Å². The lowest BCUT2D eigenvalue weighted by Crippen LogP contribution is -2.47. The van der Waals surface area contributed by atoms with Crippen molar-refractivity contribution in [1.29, 1.82) is 0 Å². The van der Waals surface area contributed by atoms with E-state index in [4.69, 9.17) is 23.7 Å². The van der Waals surface area contributed by atoms with Crippen LogP contribution in [0.25, 0.3) is 0 Å². The molecule has 0 aliphatic heterocycles. The van der Waals surface area contributed by atoms with Crippen LogP contribution in [-0.4, -0.2) is 62.8 Å². The van der Waals surface area contributed by atoms with E-state index in [9.17, 15) is 9.59 Å². The normalized spacial score (nSPS) is 14.3. The molecule has 2 unspecified atom stereocenters. The highest BCUT2D eigenvalue weighted by atomic mass is 16.6. The number of ether oxygens (including phenoxy) is 5. The molecule has 1 aromatic rings. The van der Waals surface area contributed by atoms with Crippen LogP contribution in [0.3, 0.4) is 0 Å². The predicted molar refractivity (Wildman–Crippen MR) is 113 cm³/mol. The van der Waals surface area contributed by atoms with Crippen LogP contribution in [0.1, 0.15) is 41.0 Å². The SMILES string of the molecule is CCCOC(COC)[C@@H](Oc1ccccc1)C(C)OC(=O)CNC(=O)OC(C)(C)C. The molecule has 0 spiro atoms. The molecule has 1 aromatic carbocycles. The smallest absolute Gasteiger partial charge is 0.408 e.